The second-order valence-electron chi connectivity index (χ2n) is 7.40. The van der Waals surface area contributed by atoms with Gasteiger partial charge in [0, 0.05) is 38.3 Å². The first-order valence-electron chi connectivity index (χ1n) is 10.3. The second-order valence-corrected chi connectivity index (χ2v) is 7.84. The highest BCUT2D eigenvalue weighted by Gasteiger charge is 2.31. The minimum absolute atomic E-state index is 0.0658. The third kappa shape index (κ3) is 4.81. The summed E-state index contributed by atoms with van der Waals surface area (Å²) in [6, 6.07) is 16.0. The van der Waals surface area contributed by atoms with Crippen molar-refractivity contribution >= 4 is 17.3 Å². The molecule has 1 aromatic heterocycles. The molecule has 0 aliphatic carbocycles. The van der Waals surface area contributed by atoms with Gasteiger partial charge in [-0.15, -0.1) is 5.10 Å². The first kappa shape index (κ1) is 21.5. The van der Waals surface area contributed by atoms with E-state index in [0.29, 0.717) is 18.2 Å². The number of nitrogens with zero attached hydrogens (tertiary/aromatic N) is 6. The Morgan fingerprint density at radius 1 is 1.00 bits per heavy atom. The molecule has 2 aromatic carbocycles. The fraction of sp³-hybridized carbons (Fsp3) is 0.409. The smallest absolute Gasteiger partial charge is 0.173 e. The van der Waals surface area contributed by atoms with Crippen LogP contribution in [0.15, 0.2) is 48.5 Å². The molecule has 9 heteroatoms. The lowest BCUT2D eigenvalue weighted by atomic mass is 10.0. The molecule has 4 rings (SSSR count). The molecule has 0 saturated carbocycles. The molecule has 1 saturated heterocycles. The first-order chi connectivity index (χ1) is 15.2. The quantitative estimate of drug-likeness (QED) is 0.531. The number of tetrazole rings is 1. The van der Waals surface area contributed by atoms with Gasteiger partial charge in [0.1, 0.15) is 5.75 Å². The van der Waals surface area contributed by atoms with Crippen LogP contribution in [0.3, 0.4) is 0 Å². The number of aromatic nitrogens is 4. The number of halogens is 1. The van der Waals surface area contributed by atoms with Crippen molar-refractivity contribution in [3.63, 3.8) is 0 Å². The van der Waals surface area contributed by atoms with Gasteiger partial charge in [-0.1, -0.05) is 35.9 Å². The lowest BCUT2D eigenvalue weighted by molar-refractivity contribution is 0.171. The molecule has 0 radical (unpaired) electrons. The Balaban J connectivity index is 1.58. The molecule has 8 nitrogen and oxygen atoms in total. The van der Waals surface area contributed by atoms with E-state index in [1.807, 2.05) is 35.0 Å². The van der Waals surface area contributed by atoms with Gasteiger partial charge in [0.05, 0.1) is 32.0 Å². The van der Waals surface area contributed by atoms with E-state index in [1.54, 1.807) is 14.2 Å². The molecule has 0 spiro atoms. The van der Waals surface area contributed by atoms with Crippen molar-refractivity contribution in [2.75, 3.05) is 51.9 Å². The Morgan fingerprint density at radius 2 is 1.74 bits per heavy atom. The van der Waals surface area contributed by atoms with Crippen molar-refractivity contribution in [2.45, 2.75) is 12.6 Å². The molecule has 3 aromatic rings. The van der Waals surface area contributed by atoms with Crippen molar-refractivity contribution in [3.8, 4) is 5.75 Å². The molecule has 0 amide bonds. The van der Waals surface area contributed by atoms with Gasteiger partial charge in [0.2, 0.25) is 0 Å². The molecule has 1 unspecified atom stereocenters. The van der Waals surface area contributed by atoms with E-state index in [9.17, 15) is 0 Å². The van der Waals surface area contributed by atoms with Crippen LogP contribution in [-0.2, 0) is 11.3 Å². The van der Waals surface area contributed by atoms with E-state index < -0.39 is 0 Å². The van der Waals surface area contributed by atoms with E-state index in [4.69, 9.17) is 21.1 Å². The maximum atomic E-state index is 6.15. The van der Waals surface area contributed by atoms with Gasteiger partial charge in [-0.05, 0) is 40.3 Å². The monoisotopic (exact) mass is 442 g/mol. The average molecular weight is 443 g/mol. The SMILES string of the molecule is COCCn1nnnc1C(c1ccc(Cl)cc1)N1CCN(c2ccccc2OC)CC1. The fourth-order valence-electron chi connectivity index (χ4n) is 4.02. The number of para-hydroxylation sites is 2. The van der Waals surface area contributed by atoms with Crippen LogP contribution in [0, 0.1) is 0 Å². The molecule has 0 N–H and O–H groups in total. The van der Waals surface area contributed by atoms with Gasteiger partial charge >= 0.3 is 0 Å². The Bertz CT molecular complexity index is 972. The van der Waals surface area contributed by atoms with Crippen LogP contribution in [0.1, 0.15) is 17.4 Å². The van der Waals surface area contributed by atoms with Crippen LogP contribution < -0.4 is 9.64 Å². The van der Waals surface area contributed by atoms with Gasteiger partial charge in [-0.3, -0.25) is 4.90 Å². The molecular formula is C22H27ClN6O2. The van der Waals surface area contributed by atoms with E-state index >= 15 is 0 Å². The summed E-state index contributed by atoms with van der Waals surface area (Å²) in [6.07, 6.45) is 0. The maximum absolute atomic E-state index is 6.15. The van der Waals surface area contributed by atoms with Crippen molar-refractivity contribution < 1.29 is 9.47 Å². The Labute approximate surface area is 187 Å². The standard InChI is InChI=1S/C22H27ClN6O2/c1-30-16-15-29-22(24-25-26-29)21(17-7-9-18(23)10-8-17)28-13-11-27(12-14-28)19-5-3-4-6-20(19)31-2/h3-10,21H,11-16H2,1-2H3. The minimum Gasteiger partial charge on any atom is -0.495 e. The molecule has 164 valence electrons. The number of rotatable bonds is 8. The largest absolute Gasteiger partial charge is 0.495 e. The van der Waals surface area contributed by atoms with Crippen LogP contribution >= 0.6 is 11.6 Å². The first-order valence-corrected chi connectivity index (χ1v) is 10.7. The normalized spacial score (nSPS) is 15.8. The molecule has 31 heavy (non-hydrogen) atoms. The van der Waals surface area contributed by atoms with Crippen LogP contribution in [-0.4, -0.2) is 72.1 Å². The van der Waals surface area contributed by atoms with Crippen molar-refractivity contribution in [1.29, 1.82) is 0 Å². The summed E-state index contributed by atoms with van der Waals surface area (Å²) < 4.78 is 12.6. The molecule has 1 atom stereocenters. The van der Waals surface area contributed by atoms with Crippen LogP contribution in [0.5, 0.6) is 5.75 Å². The van der Waals surface area contributed by atoms with Crippen molar-refractivity contribution in [2.24, 2.45) is 0 Å². The van der Waals surface area contributed by atoms with Gasteiger partial charge in [-0.2, -0.15) is 0 Å². The predicted octanol–water partition coefficient (Wildman–Crippen LogP) is 2.89. The van der Waals surface area contributed by atoms with Gasteiger partial charge in [0.15, 0.2) is 5.82 Å². The maximum Gasteiger partial charge on any atom is 0.173 e. The summed E-state index contributed by atoms with van der Waals surface area (Å²) in [5.41, 5.74) is 2.24. The zero-order valence-corrected chi connectivity index (χ0v) is 18.6. The fourth-order valence-corrected chi connectivity index (χ4v) is 4.15. The zero-order valence-electron chi connectivity index (χ0n) is 17.8. The van der Waals surface area contributed by atoms with Crippen molar-refractivity contribution in [3.05, 3.63) is 64.9 Å². The predicted molar refractivity (Wildman–Crippen MR) is 120 cm³/mol. The highest BCUT2D eigenvalue weighted by atomic mass is 35.5. The number of hydrogen-bond acceptors (Lipinski definition) is 7. The molecule has 1 aliphatic rings. The molecule has 1 aliphatic heterocycles. The number of hydrogen-bond donors (Lipinski definition) is 0. The molecular weight excluding hydrogens is 416 g/mol. The highest BCUT2D eigenvalue weighted by molar-refractivity contribution is 6.30. The van der Waals surface area contributed by atoms with Crippen molar-refractivity contribution in [1.82, 2.24) is 25.1 Å². The Hall–Kier alpha value is -2.68. The number of methoxy groups -OCH3 is 2. The third-order valence-corrected chi connectivity index (χ3v) is 5.85. The summed E-state index contributed by atoms with van der Waals surface area (Å²) in [7, 11) is 3.39. The number of benzene rings is 2. The summed E-state index contributed by atoms with van der Waals surface area (Å²) >= 11 is 6.15. The van der Waals surface area contributed by atoms with E-state index in [1.165, 1.54) is 0 Å². The zero-order chi connectivity index (χ0) is 21.6. The summed E-state index contributed by atoms with van der Waals surface area (Å²) in [5.74, 6) is 1.71. The average Bonchev–Trinajstić information content (AvgIpc) is 3.27. The lowest BCUT2D eigenvalue weighted by Crippen LogP contribution is -2.48. The summed E-state index contributed by atoms with van der Waals surface area (Å²) in [5, 5.41) is 13.2. The molecule has 2 heterocycles. The molecule has 0 bridgehead atoms. The lowest BCUT2D eigenvalue weighted by Gasteiger charge is -2.40. The number of piperazine rings is 1. The van der Waals surface area contributed by atoms with Gasteiger partial charge < -0.3 is 14.4 Å². The van der Waals surface area contributed by atoms with E-state index in [2.05, 4.69) is 43.5 Å². The third-order valence-electron chi connectivity index (χ3n) is 5.60. The van der Waals surface area contributed by atoms with Gasteiger partial charge in [-0.25, -0.2) is 4.68 Å². The highest BCUT2D eigenvalue weighted by Crippen LogP contribution is 2.32. The van der Waals surface area contributed by atoms with Crippen LogP contribution in [0.25, 0.3) is 0 Å². The second kappa shape index (κ2) is 10.1. The van der Waals surface area contributed by atoms with E-state index in [-0.39, 0.29) is 6.04 Å². The summed E-state index contributed by atoms with van der Waals surface area (Å²) in [6.45, 7) is 4.64. The summed E-state index contributed by atoms with van der Waals surface area (Å²) in [4.78, 5) is 4.78. The molecule has 1 fully saturated rings. The Morgan fingerprint density at radius 3 is 2.45 bits per heavy atom. The van der Waals surface area contributed by atoms with Crippen LogP contribution in [0.4, 0.5) is 5.69 Å². The Kier molecular flexibility index (Phi) is 7.01. The number of anilines is 1. The minimum atomic E-state index is -0.0658. The van der Waals surface area contributed by atoms with Gasteiger partial charge in [0.25, 0.3) is 0 Å². The topological polar surface area (TPSA) is 68.5 Å². The van der Waals surface area contributed by atoms with E-state index in [0.717, 1.165) is 49.0 Å². The number of ether oxygens (including phenoxy) is 2. The van der Waals surface area contributed by atoms with Crippen LogP contribution in [0.2, 0.25) is 5.02 Å².